The number of rotatable bonds is 5. The van der Waals surface area contributed by atoms with Gasteiger partial charge >= 0.3 is 11.9 Å². The van der Waals surface area contributed by atoms with E-state index in [1.54, 1.807) is 31.3 Å². The van der Waals surface area contributed by atoms with E-state index in [1.165, 1.54) is 22.8 Å². The molecule has 1 aliphatic heterocycles. The Kier molecular flexibility index (Phi) is 7.48. The number of pyridine rings is 2. The molecule has 0 saturated carbocycles. The summed E-state index contributed by atoms with van der Waals surface area (Å²) in [5, 5.41) is 9.43. The quantitative estimate of drug-likeness (QED) is 0.320. The molecule has 3 aromatic heterocycles. The molecule has 0 N–H and O–H groups in total. The van der Waals surface area contributed by atoms with Crippen LogP contribution in [0.4, 0.5) is 23.4 Å². The molecule has 0 radical (unpaired) electrons. The van der Waals surface area contributed by atoms with Crippen molar-refractivity contribution in [3.05, 3.63) is 93.5 Å². The van der Waals surface area contributed by atoms with Crippen LogP contribution in [0.5, 0.6) is 0 Å². The molecule has 1 saturated heterocycles. The lowest BCUT2D eigenvalue weighted by atomic mass is 9.95. The highest BCUT2D eigenvalue weighted by Gasteiger charge is 2.39. The topological polar surface area (TPSA) is 90.9 Å². The first kappa shape index (κ1) is 28.2. The fraction of sp³-hybridized carbons (Fsp3) is 0.345. The zero-order chi connectivity index (χ0) is 29.5. The summed E-state index contributed by atoms with van der Waals surface area (Å²) in [7, 11) is 1.59. The van der Waals surface area contributed by atoms with Crippen molar-refractivity contribution in [1.82, 2.24) is 24.4 Å². The van der Waals surface area contributed by atoms with Gasteiger partial charge < -0.3 is 4.90 Å². The maximum absolute atomic E-state index is 13.8. The van der Waals surface area contributed by atoms with Gasteiger partial charge in [0.05, 0.1) is 22.8 Å². The summed E-state index contributed by atoms with van der Waals surface area (Å²) in [6.45, 7) is 4.80. The van der Waals surface area contributed by atoms with E-state index in [0.29, 0.717) is 47.6 Å². The molecule has 212 valence electrons. The summed E-state index contributed by atoms with van der Waals surface area (Å²) in [5.74, 6) is -0.0530. The molecule has 1 aliphatic rings. The number of fused-ring (bicyclic) bond motifs is 1. The first-order chi connectivity index (χ1) is 19.5. The van der Waals surface area contributed by atoms with Crippen LogP contribution in [0, 0.1) is 17.1 Å². The summed E-state index contributed by atoms with van der Waals surface area (Å²) in [6.07, 6.45) is -3.05. The van der Waals surface area contributed by atoms with Gasteiger partial charge in [0.2, 0.25) is 0 Å². The molecular weight excluding hydrogens is 538 g/mol. The monoisotopic (exact) mass is 565 g/mol. The van der Waals surface area contributed by atoms with Crippen LogP contribution in [0.2, 0.25) is 0 Å². The highest BCUT2D eigenvalue weighted by molar-refractivity contribution is 5.86. The van der Waals surface area contributed by atoms with Gasteiger partial charge in [-0.05, 0) is 55.3 Å². The first-order valence-corrected chi connectivity index (χ1v) is 13.1. The van der Waals surface area contributed by atoms with E-state index in [2.05, 4.69) is 19.9 Å². The van der Waals surface area contributed by atoms with Gasteiger partial charge in [-0.1, -0.05) is 19.1 Å². The van der Waals surface area contributed by atoms with E-state index in [4.69, 9.17) is 0 Å². The Morgan fingerprint density at radius 3 is 2.41 bits per heavy atom. The van der Waals surface area contributed by atoms with E-state index in [-0.39, 0.29) is 17.8 Å². The maximum Gasteiger partial charge on any atom is 0.417 e. The van der Waals surface area contributed by atoms with E-state index < -0.39 is 29.3 Å². The van der Waals surface area contributed by atoms with Gasteiger partial charge in [-0.2, -0.15) is 23.4 Å². The van der Waals surface area contributed by atoms with Gasteiger partial charge in [0.15, 0.2) is 5.82 Å². The van der Waals surface area contributed by atoms with Crippen molar-refractivity contribution in [2.24, 2.45) is 7.05 Å². The molecular formula is C29H27F4N7O. The van der Waals surface area contributed by atoms with Crippen LogP contribution in [0.1, 0.15) is 48.8 Å². The van der Waals surface area contributed by atoms with Gasteiger partial charge in [-0.15, -0.1) is 0 Å². The average Bonchev–Trinajstić information content (AvgIpc) is 2.96. The fourth-order valence-corrected chi connectivity index (χ4v) is 5.42. The molecule has 2 unspecified atom stereocenters. The van der Waals surface area contributed by atoms with Gasteiger partial charge in [-0.25, -0.2) is 14.2 Å². The number of alkyl halides is 3. The van der Waals surface area contributed by atoms with Crippen LogP contribution < -0.4 is 10.6 Å². The van der Waals surface area contributed by atoms with Crippen LogP contribution in [0.3, 0.4) is 0 Å². The summed E-state index contributed by atoms with van der Waals surface area (Å²) in [4.78, 5) is 29.9. The summed E-state index contributed by atoms with van der Waals surface area (Å²) in [5.41, 5.74) is 0.955. The van der Waals surface area contributed by atoms with E-state index in [0.717, 1.165) is 12.3 Å². The van der Waals surface area contributed by atoms with Crippen LogP contribution in [-0.2, 0) is 13.2 Å². The number of halogens is 4. The summed E-state index contributed by atoms with van der Waals surface area (Å²) >= 11 is 0. The molecule has 0 bridgehead atoms. The predicted octanol–water partition coefficient (Wildman–Crippen LogP) is 4.83. The van der Waals surface area contributed by atoms with Gasteiger partial charge in [0.1, 0.15) is 23.1 Å². The molecule has 4 aromatic rings. The molecule has 5 rings (SSSR count). The van der Waals surface area contributed by atoms with Crippen LogP contribution >= 0.6 is 0 Å². The van der Waals surface area contributed by atoms with Crippen molar-refractivity contribution in [1.29, 1.82) is 5.26 Å². The molecule has 1 fully saturated rings. The average molecular weight is 566 g/mol. The van der Waals surface area contributed by atoms with Crippen molar-refractivity contribution in [2.75, 3.05) is 18.0 Å². The standard InChI is InChI=1S/C29H27F4N7O/c1-4-22-16-39(27-25-24(38(3)28(41)37-27)12-10-21(13-34)36-25)17(2)15-40(22)26(18-5-8-20(30)9-6-18)23-11-7-19(14-35-23)29(31,32)33/h5-12,14,17,22,26H,4,15-16H2,1-3H3/t17-,22?,26?/m0/s1. The second-order valence-electron chi connectivity index (χ2n) is 10.1. The van der Waals surface area contributed by atoms with Gasteiger partial charge in [0, 0.05) is 38.4 Å². The molecule has 8 nitrogen and oxygen atoms in total. The Bertz CT molecular complexity index is 1660. The second kappa shape index (κ2) is 10.9. The smallest absolute Gasteiger partial charge is 0.349 e. The largest absolute Gasteiger partial charge is 0.417 e. The van der Waals surface area contributed by atoms with Gasteiger partial charge in [-0.3, -0.25) is 14.5 Å². The molecule has 0 aliphatic carbocycles. The van der Waals surface area contributed by atoms with Gasteiger partial charge in [0.25, 0.3) is 0 Å². The number of piperazine rings is 1. The lowest BCUT2D eigenvalue weighted by Gasteiger charge is -2.48. The van der Waals surface area contributed by atoms with E-state index in [9.17, 15) is 27.6 Å². The molecule has 0 amide bonds. The molecule has 3 atom stereocenters. The maximum atomic E-state index is 13.8. The molecule has 1 aromatic carbocycles. The lowest BCUT2D eigenvalue weighted by Crippen LogP contribution is -2.59. The normalized spacial score (nSPS) is 18.8. The van der Waals surface area contributed by atoms with Crippen LogP contribution in [0.15, 0.2) is 59.5 Å². The van der Waals surface area contributed by atoms with E-state index >= 15 is 0 Å². The first-order valence-electron chi connectivity index (χ1n) is 13.1. The van der Waals surface area contributed by atoms with E-state index in [1.807, 2.05) is 24.8 Å². The number of nitriles is 1. The predicted molar refractivity (Wildman–Crippen MR) is 145 cm³/mol. The lowest BCUT2D eigenvalue weighted by molar-refractivity contribution is -0.137. The highest BCUT2D eigenvalue weighted by atomic mass is 19.4. The zero-order valence-corrected chi connectivity index (χ0v) is 22.6. The minimum Gasteiger partial charge on any atom is -0.349 e. The number of aromatic nitrogens is 4. The molecule has 4 heterocycles. The Morgan fingerprint density at radius 2 is 1.80 bits per heavy atom. The summed E-state index contributed by atoms with van der Waals surface area (Å²) < 4.78 is 55.1. The third kappa shape index (κ3) is 5.37. The number of anilines is 1. The SMILES string of the molecule is CCC1CN(c2nc(=O)n(C)c3ccc(C#N)nc23)[C@@H](C)CN1C(c1ccc(F)cc1)c1ccc(C(F)(F)F)cn1. The third-order valence-corrected chi connectivity index (χ3v) is 7.59. The van der Waals surface area contributed by atoms with Crippen molar-refractivity contribution in [3.63, 3.8) is 0 Å². The minimum absolute atomic E-state index is 0.148. The number of nitrogens with zero attached hydrogens (tertiary/aromatic N) is 7. The molecule has 0 spiro atoms. The van der Waals surface area contributed by atoms with Crippen LogP contribution in [0.25, 0.3) is 11.0 Å². The summed E-state index contributed by atoms with van der Waals surface area (Å²) in [6, 6.07) is 12.6. The highest BCUT2D eigenvalue weighted by Crippen LogP contribution is 2.37. The van der Waals surface area contributed by atoms with Crippen molar-refractivity contribution in [2.45, 2.75) is 44.6 Å². The fourth-order valence-electron chi connectivity index (χ4n) is 5.42. The Balaban J connectivity index is 1.57. The minimum atomic E-state index is -4.52. The number of aryl methyl sites for hydroxylation is 1. The van der Waals surface area contributed by atoms with Crippen LogP contribution in [-0.4, -0.2) is 49.6 Å². The second-order valence-corrected chi connectivity index (χ2v) is 10.1. The molecule has 12 heteroatoms. The Morgan fingerprint density at radius 1 is 1.07 bits per heavy atom. The Labute approximate surface area is 233 Å². The number of hydrogen-bond donors (Lipinski definition) is 0. The van der Waals surface area contributed by atoms with Crippen molar-refractivity contribution >= 4 is 16.9 Å². The molecule has 41 heavy (non-hydrogen) atoms. The number of hydrogen-bond acceptors (Lipinski definition) is 7. The van der Waals surface area contributed by atoms with Crippen molar-refractivity contribution in [3.8, 4) is 6.07 Å². The Hall–Kier alpha value is -4.37. The number of benzene rings is 1. The van der Waals surface area contributed by atoms with Crippen molar-refractivity contribution < 1.29 is 17.6 Å². The zero-order valence-electron chi connectivity index (χ0n) is 22.6. The third-order valence-electron chi connectivity index (χ3n) is 7.59.